The highest BCUT2D eigenvalue weighted by Gasteiger charge is 2.34. The molecule has 4 rings (SSSR count). The predicted molar refractivity (Wildman–Crippen MR) is 104 cm³/mol. The number of para-hydroxylation sites is 1. The normalized spacial score (nSPS) is 16.7. The second kappa shape index (κ2) is 7.32. The van der Waals surface area contributed by atoms with Crippen molar-refractivity contribution in [3.63, 3.8) is 0 Å². The molecule has 4 nitrogen and oxygen atoms in total. The number of hydrogen-bond donors (Lipinski definition) is 1. The lowest BCUT2D eigenvalue weighted by Crippen LogP contribution is -2.40. The Morgan fingerprint density at radius 2 is 2.12 bits per heavy atom. The summed E-state index contributed by atoms with van der Waals surface area (Å²) in [6.45, 7) is 2.93. The van der Waals surface area contributed by atoms with Gasteiger partial charge in [0.05, 0.1) is 6.04 Å². The molecule has 0 radical (unpaired) electrons. The van der Waals surface area contributed by atoms with E-state index in [0.717, 1.165) is 49.0 Å². The van der Waals surface area contributed by atoms with Gasteiger partial charge < -0.3 is 9.88 Å². The molecule has 1 N–H and O–H groups in total. The summed E-state index contributed by atoms with van der Waals surface area (Å²) in [6, 6.07) is 12.4. The Bertz CT molecular complexity index is 900. The minimum absolute atomic E-state index is 0.0750. The summed E-state index contributed by atoms with van der Waals surface area (Å²) in [7, 11) is 0. The number of benzene rings is 1. The maximum Gasteiger partial charge on any atom is 0.223 e. The topological polar surface area (TPSA) is 49.0 Å². The minimum atomic E-state index is -0.0750. The van der Waals surface area contributed by atoms with Crippen LogP contribution in [0.1, 0.15) is 55.5 Å². The van der Waals surface area contributed by atoms with Crippen LogP contribution >= 0.6 is 0 Å². The number of nitrogens with zero attached hydrogens (tertiary/aromatic N) is 2. The number of nitrogens with one attached hydrogen (secondary N) is 1. The van der Waals surface area contributed by atoms with Crippen molar-refractivity contribution in [3.05, 3.63) is 65.6 Å². The third-order valence-electron chi connectivity index (χ3n) is 5.35. The molecule has 1 amide bonds. The molecule has 3 aromatic rings. The lowest BCUT2D eigenvalue weighted by Gasteiger charge is -2.36. The number of aromatic nitrogens is 2. The Balaban J connectivity index is 1.75. The summed E-state index contributed by atoms with van der Waals surface area (Å²) < 4.78 is 0. The fourth-order valence-electron chi connectivity index (χ4n) is 4.06. The fourth-order valence-corrected chi connectivity index (χ4v) is 4.06. The highest BCUT2D eigenvalue weighted by Crippen LogP contribution is 2.38. The number of hydrogen-bond acceptors (Lipinski definition) is 2. The molecule has 0 spiro atoms. The number of pyridine rings is 1. The highest BCUT2D eigenvalue weighted by atomic mass is 16.2. The van der Waals surface area contributed by atoms with Crippen LogP contribution in [0, 0.1) is 0 Å². The van der Waals surface area contributed by atoms with Crippen molar-refractivity contribution in [2.45, 2.75) is 45.1 Å². The maximum atomic E-state index is 13.0. The molecule has 3 heterocycles. The van der Waals surface area contributed by atoms with Gasteiger partial charge in [-0.05, 0) is 36.1 Å². The molecule has 0 saturated carbocycles. The molecular weight excluding hydrogens is 322 g/mol. The van der Waals surface area contributed by atoms with Crippen molar-refractivity contribution in [2.75, 3.05) is 6.54 Å². The van der Waals surface area contributed by atoms with Gasteiger partial charge in [-0.2, -0.15) is 0 Å². The molecule has 1 aliphatic heterocycles. The van der Waals surface area contributed by atoms with Crippen LogP contribution in [-0.4, -0.2) is 27.3 Å². The van der Waals surface area contributed by atoms with Gasteiger partial charge in [-0.15, -0.1) is 0 Å². The molecule has 1 atom stereocenters. The zero-order valence-electron chi connectivity index (χ0n) is 15.2. The first-order valence-electron chi connectivity index (χ1n) is 9.58. The van der Waals surface area contributed by atoms with Gasteiger partial charge in [0.1, 0.15) is 0 Å². The molecule has 1 aliphatic rings. The first-order chi connectivity index (χ1) is 12.8. The van der Waals surface area contributed by atoms with E-state index in [1.165, 1.54) is 10.9 Å². The van der Waals surface area contributed by atoms with E-state index >= 15 is 0 Å². The highest BCUT2D eigenvalue weighted by molar-refractivity contribution is 5.86. The average Bonchev–Trinajstić information content (AvgIpc) is 3.06. The molecule has 134 valence electrons. The molecule has 1 aromatic carbocycles. The molecule has 0 bridgehead atoms. The number of carbonyl (C=O) groups is 1. The Morgan fingerprint density at radius 1 is 1.23 bits per heavy atom. The standard InChI is InChI=1S/C22H25N3O/c1-2-3-4-11-20(26)25-14-12-18-17-9-5-6-10-19(17)24-21(18)22(25)16-8-7-13-23-15-16/h5-10,13,15,22,24H,2-4,11-12,14H2,1H3. The van der Waals surface area contributed by atoms with Gasteiger partial charge in [0.2, 0.25) is 5.91 Å². The molecule has 0 fully saturated rings. The number of aromatic amines is 1. The first kappa shape index (κ1) is 16.8. The quantitative estimate of drug-likeness (QED) is 0.685. The second-order valence-electron chi connectivity index (χ2n) is 7.05. The number of rotatable bonds is 5. The number of unbranched alkanes of at least 4 members (excludes halogenated alkanes) is 2. The van der Waals surface area contributed by atoms with Crippen LogP contribution in [0.5, 0.6) is 0 Å². The van der Waals surface area contributed by atoms with Crippen molar-refractivity contribution in [2.24, 2.45) is 0 Å². The van der Waals surface area contributed by atoms with E-state index in [9.17, 15) is 4.79 Å². The summed E-state index contributed by atoms with van der Waals surface area (Å²) in [5, 5.41) is 1.27. The summed E-state index contributed by atoms with van der Waals surface area (Å²) in [6.07, 6.45) is 8.39. The molecule has 0 aliphatic carbocycles. The van der Waals surface area contributed by atoms with Crippen molar-refractivity contribution < 1.29 is 4.79 Å². The van der Waals surface area contributed by atoms with Crippen molar-refractivity contribution in [1.29, 1.82) is 0 Å². The van der Waals surface area contributed by atoms with Crippen molar-refractivity contribution in [3.8, 4) is 0 Å². The minimum Gasteiger partial charge on any atom is -0.356 e. The number of fused-ring (bicyclic) bond motifs is 3. The van der Waals surface area contributed by atoms with Gasteiger partial charge in [-0.25, -0.2) is 0 Å². The zero-order chi connectivity index (χ0) is 17.9. The molecule has 0 saturated heterocycles. The van der Waals surface area contributed by atoms with Crippen LogP contribution in [-0.2, 0) is 11.2 Å². The van der Waals surface area contributed by atoms with Crippen LogP contribution < -0.4 is 0 Å². The van der Waals surface area contributed by atoms with E-state index in [1.807, 2.05) is 17.2 Å². The van der Waals surface area contributed by atoms with Gasteiger partial charge in [0, 0.05) is 42.0 Å². The van der Waals surface area contributed by atoms with Crippen LogP contribution in [0.3, 0.4) is 0 Å². The van der Waals surface area contributed by atoms with Crippen LogP contribution in [0.15, 0.2) is 48.8 Å². The van der Waals surface area contributed by atoms with Gasteiger partial charge in [-0.3, -0.25) is 9.78 Å². The van der Waals surface area contributed by atoms with Crippen molar-refractivity contribution in [1.82, 2.24) is 14.9 Å². The largest absolute Gasteiger partial charge is 0.356 e. The smallest absolute Gasteiger partial charge is 0.223 e. The van der Waals surface area contributed by atoms with Crippen LogP contribution in [0.2, 0.25) is 0 Å². The summed E-state index contributed by atoms with van der Waals surface area (Å²) in [5.74, 6) is 0.247. The number of H-pyrrole nitrogens is 1. The number of amides is 1. The molecule has 1 unspecified atom stereocenters. The lowest BCUT2D eigenvalue weighted by atomic mass is 9.92. The number of carbonyl (C=O) groups excluding carboxylic acids is 1. The predicted octanol–water partition coefficient (Wildman–Crippen LogP) is 4.62. The molecule has 4 heteroatoms. The fraction of sp³-hybridized carbons (Fsp3) is 0.364. The van der Waals surface area contributed by atoms with Gasteiger partial charge in [0.15, 0.2) is 0 Å². The van der Waals surface area contributed by atoms with E-state index < -0.39 is 0 Å². The van der Waals surface area contributed by atoms with Gasteiger partial charge >= 0.3 is 0 Å². The van der Waals surface area contributed by atoms with Crippen molar-refractivity contribution >= 4 is 16.8 Å². The van der Waals surface area contributed by atoms with Crippen LogP contribution in [0.4, 0.5) is 0 Å². The molecular formula is C22H25N3O. The molecule has 26 heavy (non-hydrogen) atoms. The lowest BCUT2D eigenvalue weighted by molar-refractivity contribution is -0.133. The monoisotopic (exact) mass is 347 g/mol. The molecule has 2 aromatic heterocycles. The van der Waals surface area contributed by atoms with E-state index in [1.54, 1.807) is 6.20 Å². The van der Waals surface area contributed by atoms with E-state index in [-0.39, 0.29) is 11.9 Å². The Hall–Kier alpha value is -2.62. The first-order valence-corrected chi connectivity index (χ1v) is 9.58. The Kier molecular flexibility index (Phi) is 4.74. The van der Waals surface area contributed by atoms with Crippen LogP contribution in [0.25, 0.3) is 10.9 Å². The Morgan fingerprint density at radius 3 is 2.92 bits per heavy atom. The second-order valence-corrected chi connectivity index (χ2v) is 7.05. The third kappa shape index (κ3) is 3.00. The Labute approximate surface area is 154 Å². The van der Waals surface area contributed by atoms with E-state index in [0.29, 0.717) is 6.42 Å². The maximum absolute atomic E-state index is 13.0. The summed E-state index contributed by atoms with van der Waals surface area (Å²) in [4.78, 5) is 22.9. The third-order valence-corrected chi connectivity index (χ3v) is 5.35. The van der Waals surface area contributed by atoms with Gasteiger partial charge in [0.25, 0.3) is 0 Å². The summed E-state index contributed by atoms with van der Waals surface area (Å²) in [5.41, 5.74) is 4.71. The van der Waals surface area contributed by atoms with Gasteiger partial charge in [-0.1, -0.05) is 44.0 Å². The van der Waals surface area contributed by atoms with E-state index in [2.05, 4.69) is 47.2 Å². The average molecular weight is 347 g/mol. The van der Waals surface area contributed by atoms with E-state index in [4.69, 9.17) is 0 Å². The summed E-state index contributed by atoms with van der Waals surface area (Å²) >= 11 is 0. The SMILES string of the molecule is CCCCCC(=O)N1CCc2c([nH]c3ccccc23)C1c1cccnc1. The zero-order valence-corrected chi connectivity index (χ0v) is 15.2.